The van der Waals surface area contributed by atoms with Gasteiger partial charge in [0.1, 0.15) is 12.1 Å². The Kier molecular flexibility index (Phi) is 3.70. The first-order valence-corrected chi connectivity index (χ1v) is 10.4. The van der Waals surface area contributed by atoms with Crippen molar-refractivity contribution >= 4 is 38.5 Å². The molecule has 1 aliphatic heterocycles. The number of pyridine rings is 2. The van der Waals surface area contributed by atoms with E-state index in [1.54, 1.807) is 5.56 Å². The molecule has 5 aromatic rings. The van der Waals surface area contributed by atoms with Gasteiger partial charge in [0, 0.05) is 31.0 Å². The second kappa shape index (κ2) is 6.10. The van der Waals surface area contributed by atoms with Gasteiger partial charge >= 0.3 is 0 Å². The molecule has 0 atom stereocenters. The van der Waals surface area contributed by atoms with Crippen molar-refractivity contribution in [2.24, 2.45) is 0 Å². The Bertz CT molecular complexity index is 1430. The Balaban J connectivity index is 0.00000165. The van der Waals surface area contributed by atoms with Crippen LogP contribution in [0, 0.1) is 6.07 Å². The monoisotopic (exact) mass is 556 g/mol. The van der Waals surface area contributed by atoms with Crippen LogP contribution in [0.2, 0.25) is 0 Å². The molecule has 2 aromatic carbocycles. The third-order valence-electron chi connectivity index (χ3n) is 7.17. The van der Waals surface area contributed by atoms with Crippen LogP contribution in [0.4, 0.5) is 0 Å². The Hall–Kier alpha value is -2.29. The number of nitrogens with zero attached hydrogens (tertiary/aromatic N) is 3. The minimum Gasteiger partial charge on any atom is -0.333 e. The van der Waals surface area contributed by atoms with Crippen molar-refractivity contribution in [3.63, 3.8) is 0 Å². The molecule has 1 fully saturated rings. The predicted octanol–water partition coefficient (Wildman–Crippen LogP) is 5.09. The summed E-state index contributed by atoms with van der Waals surface area (Å²) in [6, 6.07) is 21.0. The summed E-state index contributed by atoms with van der Waals surface area (Å²) in [4.78, 5) is 5.01. The molecule has 4 heterocycles. The number of benzene rings is 2. The summed E-state index contributed by atoms with van der Waals surface area (Å²) in [6.45, 7) is 1.08. The number of aromatic nitrogens is 3. The van der Waals surface area contributed by atoms with E-state index in [2.05, 4.69) is 69.8 Å². The Labute approximate surface area is 182 Å². The molecule has 2 aliphatic rings. The molecule has 0 amide bonds. The Morgan fingerprint density at radius 2 is 1.79 bits per heavy atom. The van der Waals surface area contributed by atoms with Crippen LogP contribution in [0.1, 0.15) is 37.7 Å². The van der Waals surface area contributed by atoms with Crippen LogP contribution in [0.25, 0.3) is 38.5 Å². The molecule has 0 unspecified atom stereocenters. The summed E-state index contributed by atoms with van der Waals surface area (Å²) in [7, 11) is 0. The summed E-state index contributed by atoms with van der Waals surface area (Å²) in [5.74, 6) is 0. The average molecular weight is 556 g/mol. The zero-order valence-corrected chi connectivity index (χ0v) is 18.5. The van der Waals surface area contributed by atoms with Crippen LogP contribution < -0.4 is 4.57 Å². The average Bonchev–Trinajstić information content (AvgIpc) is 3.14. The van der Waals surface area contributed by atoms with E-state index >= 15 is 0 Å². The first-order chi connectivity index (χ1) is 13.9. The topological polar surface area (TPSA) is 21.2 Å². The summed E-state index contributed by atoms with van der Waals surface area (Å²) < 4.78 is 4.85. The van der Waals surface area contributed by atoms with Crippen molar-refractivity contribution in [3.8, 4) is 0 Å². The van der Waals surface area contributed by atoms with Crippen molar-refractivity contribution in [1.29, 1.82) is 0 Å². The molecule has 1 saturated carbocycles. The molecule has 0 saturated heterocycles. The fraction of sp³-hybridized carbons (Fsp3) is 0.280. The molecule has 4 heteroatoms. The predicted molar refractivity (Wildman–Crippen MR) is 112 cm³/mol. The van der Waals surface area contributed by atoms with E-state index in [9.17, 15) is 0 Å². The van der Waals surface area contributed by atoms with E-state index in [0.717, 1.165) is 23.1 Å². The van der Waals surface area contributed by atoms with Crippen molar-refractivity contribution in [3.05, 3.63) is 66.4 Å². The van der Waals surface area contributed by atoms with Gasteiger partial charge in [0.15, 0.2) is 0 Å². The molecular formula is C25H21IrN3. The van der Waals surface area contributed by atoms with Crippen molar-refractivity contribution in [2.45, 2.75) is 44.1 Å². The van der Waals surface area contributed by atoms with E-state index in [0.29, 0.717) is 0 Å². The quantitative estimate of drug-likeness (QED) is 0.148. The van der Waals surface area contributed by atoms with Crippen molar-refractivity contribution in [1.82, 2.24) is 9.38 Å². The number of para-hydroxylation sites is 2. The van der Waals surface area contributed by atoms with Crippen molar-refractivity contribution < 1.29 is 24.7 Å². The van der Waals surface area contributed by atoms with E-state index in [4.69, 9.17) is 4.98 Å². The summed E-state index contributed by atoms with van der Waals surface area (Å²) in [5, 5.41) is 2.56. The smallest absolute Gasteiger partial charge is 0.141 e. The van der Waals surface area contributed by atoms with Crippen LogP contribution in [-0.2, 0) is 32.1 Å². The molecule has 1 aliphatic carbocycles. The summed E-state index contributed by atoms with van der Waals surface area (Å²) >= 11 is 0. The number of imidazole rings is 1. The first kappa shape index (κ1) is 17.6. The Morgan fingerprint density at radius 1 is 0.966 bits per heavy atom. The summed E-state index contributed by atoms with van der Waals surface area (Å²) in [6.07, 6.45) is 8.86. The zero-order chi connectivity index (χ0) is 18.3. The molecule has 145 valence electrons. The van der Waals surface area contributed by atoms with Gasteiger partial charge < -0.3 is 4.40 Å². The molecule has 1 spiro atoms. The zero-order valence-electron chi connectivity index (χ0n) is 16.1. The van der Waals surface area contributed by atoms with E-state index < -0.39 is 0 Å². The molecule has 3 nitrogen and oxygen atoms in total. The molecule has 1 radical (unpaired) electrons. The van der Waals surface area contributed by atoms with Gasteiger partial charge in [-0.3, -0.25) is 9.55 Å². The van der Waals surface area contributed by atoms with Gasteiger partial charge in [-0.1, -0.05) is 49.6 Å². The van der Waals surface area contributed by atoms with Crippen molar-refractivity contribution in [2.75, 3.05) is 0 Å². The largest absolute Gasteiger partial charge is 0.333 e. The molecule has 29 heavy (non-hydrogen) atoms. The van der Waals surface area contributed by atoms with Gasteiger partial charge in [-0.25, -0.2) is 0 Å². The van der Waals surface area contributed by atoms with E-state index in [-0.39, 0.29) is 25.5 Å². The molecular weight excluding hydrogens is 535 g/mol. The van der Waals surface area contributed by atoms with Gasteiger partial charge in [-0.2, -0.15) is 0 Å². The fourth-order valence-corrected chi connectivity index (χ4v) is 5.99. The normalized spacial score (nSPS) is 17.5. The van der Waals surface area contributed by atoms with Crippen LogP contribution in [-0.4, -0.2) is 9.38 Å². The second-order valence-electron chi connectivity index (χ2n) is 8.61. The SMILES string of the molecule is [Ir].[c-]1cc[n+]2c3c1c1nc4ccccc4n1c1cccc(c13)C1(CCCCC1)C2. The van der Waals surface area contributed by atoms with Gasteiger partial charge in [0.25, 0.3) is 0 Å². The van der Waals surface area contributed by atoms with Crippen LogP contribution in [0.3, 0.4) is 0 Å². The maximum atomic E-state index is 5.01. The van der Waals surface area contributed by atoms with Gasteiger partial charge in [-0.05, 0) is 42.0 Å². The molecule has 0 N–H and O–H groups in total. The first-order valence-electron chi connectivity index (χ1n) is 10.4. The standard InChI is InChI=1S/C25H21N3.Ir/c1-4-13-25(14-5-1)16-27-15-7-8-17-23(27)22-18(25)9-6-12-21(22)28-20-11-3-2-10-19(20)26-24(17)28;/h2-3,6-7,9-12,15H,1,4-5,13-14,16H2;. The Morgan fingerprint density at radius 3 is 2.69 bits per heavy atom. The number of rotatable bonds is 0. The van der Waals surface area contributed by atoms with E-state index in [1.807, 2.05) is 0 Å². The maximum absolute atomic E-state index is 5.01. The summed E-state index contributed by atoms with van der Waals surface area (Å²) in [5.41, 5.74) is 7.68. The number of fused-ring (bicyclic) bond motifs is 6. The number of hydrogen-bond acceptors (Lipinski definition) is 1. The molecule has 0 bridgehead atoms. The van der Waals surface area contributed by atoms with Gasteiger partial charge in [0.05, 0.1) is 28.3 Å². The minimum absolute atomic E-state index is 0. The van der Waals surface area contributed by atoms with Gasteiger partial charge in [0.2, 0.25) is 0 Å². The number of hydrogen-bond donors (Lipinski definition) is 0. The van der Waals surface area contributed by atoms with Crippen LogP contribution in [0.5, 0.6) is 0 Å². The maximum Gasteiger partial charge on any atom is 0.141 e. The second-order valence-corrected chi connectivity index (χ2v) is 8.61. The van der Waals surface area contributed by atoms with Crippen LogP contribution >= 0.6 is 0 Å². The molecule has 3 aromatic heterocycles. The van der Waals surface area contributed by atoms with E-state index in [1.165, 1.54) is 54.0 Å². The fourth-order valence-electron chi connectivity index (χ4n) is 5.99. The third-order valence-corrected chi connectivity index (χ3v) is 7.17. The third kappa shape index (κ3) is 2.16. The van der Waals surface area contributed by atoms with Gasteiger partial charge in [-0.15, -0.1) is 6.07 Å². The molecule has 7 rings (SSSR count). The van der Waals surface area contributed by atoms with Crippen LogP contribution in [0.15, 0.2) is 54.7 Å². The minimum atomic E-state index is 0.